The maximum Gasteiger partial charge on any atom is 0.261 e. The fraction of sp³-hybridized carbons (Fsp3) is 0. The second kappa shape index (κ2) is 7.90. The molecule has 0 aliphatic heterocycles. The van der Waals surface area contributed by atoms with Crippen LogP contribution in [0.2, 0.25) is 0 Å². The standard InChI is InChI=1S/C20H14FN3O3S/c21-16-5-11-19(12-6-16)28(26,27)24-18-9-7-17(8-10-18)23-20(25)15-3-1-14(13-22)2-4-15/h1-12,24H,(H,23,25). The van der Waals surface area contributed by atoms with E-state index in [0.29, 0.717) is 22.5 Å². The first-order valence-electron chi connectivity index (χ1n) is 8.07. The van der Waals surface area contributed by atoms with Crippen LogP contribution in [0.15, 0.2) is 77.7 Å². The molecule has 0 atom stereocenters. The molecule has 28 heavy (non-hydrogen) atoms. The molecule has 0 radical (unpaired) electrons. The van der Waals surface area contributed by atoms with Crippen molar-refractivity contribution in [3.05, 3.63) is 89.7 Å². The highest BCUT2D eigenvalue weighted by molar-refractivity contribution is 7.92. The number of carbonyl (C=O) groups excluding carboxylic acids is 1. The minimum atomic E-state index is -3.85. The van der Waals surface area contributed by atoms with Gasteiger partial charge in [0.05, 0.1) is 16.5 Å². The molecule has 140 valence electrons. The van der Waals surface area contributed by atoms with Crippen LogP contribution in [0.25, 0.3) is 0 Å². The van der Waals surface area contributed by atoms with E-state index in [9.17, 15) is 17.6 Å². The molecule has 0 unspecified atom stereocenters. The number of anilines is 2. The van der Waals surface area contributed by atoms with Gasteiger partial charge in [0, 0.05) is 16.9 Å². The normalized spacial score (nSPS) is 10.7. The van der Waals surface area contributed by atoms with Crippen molar-refractivity contribution in [2.45, 2.75) is 4.90 Å². The van der Waals surface area contributed by atoms with Gasteiger partial charge in [-0.1, -0.05) is 0 Å². The van der Waals surface area contributed by atoms with E-state index in [4.69, 9.17) is 5.26 Å². The first-order chi connectivity index (χ1) is 13.4. The van der Waals surface area contributed by atoms with Crippen LogP contribution >= 0.6 is 0 Å². The summed E-state index contributed by atoms with van der Waals surface area (Å²) >= 11 is 0. The molecule has 3 aromatic carbocycles. The van der Waals surface area contributed by atoms with E-state index in [2.05, 4.69) is 10.0 Å². The number of nitriles is 1. The number of benzene rings is 3. The lowest BCUT2D eigenvalue weighted by molar-refractivity contribution is 0.102. The Kier molecular flexibility index (Phi) is 5.38. The van der Waals surface area contributed by atoms with Crippen LogP contribution in [0.5, 0.6) is 0 Å². The predicted molar refractivity (Wildman–Crippen MR) is 103 cm³/mol. The summed E-state index contributed by atoms with van der Waals surface area (Å²) in [4.78, 5) is 12.1. The average Bonchev–Trinajstić information content (AvgIpc) is 2.69. The van der Waals surface area contributed by atoms with Crippen LogP contribution in [0.3, 0.4) is 0 Å². The highest BCUT2D eigenvalue weighted by Gasteiger charge is 2.14. The molecular weight excluding hydrogens is 381 g/mol. The quantitative estimate of drug-likeness (QED) is 0.687. The lowest BCUT2D eigenvalue weighted by Gasteiger charge is -2.10. The summed E-state index contributed by atoms with van der Waals surface area (Å²) in [6, 6.07) is 18.7. The van der Waals surface area contributed by atoms with E-state index in [1.165, 1.54) is 24.3 Å². The predicted octanol–water partition coefficient (Wildman–Crippen LogP) is 3.75. The van der Waals surface area contributed by atoms with Crippen LogP contribution in [-0.4, -0.2) is 14.3 Å². The third-order valence-electron chi connectivity index (χ3n) is 3.80. The van der Waals surface area contributed by atoms with E-state index >= 15 is 0 Å². The second-order valence-corrected chi connectivity index (χ2v) is 7.46. The maximum atomic E-state index is 12.9. The SMILES string of the molecule is N#Cc1ccc(C(=O)Nc2ccc(NS(=O)(=O)c3ccc(F)cc3)cc2)cc1. The number of nitrogens with zero attached hydrogens (tertiary/aromatic N) is 1. The third kappa shape index (κ3) is 4.52. The number of carbonyl (C=O) groups is 1. The van der Waals surface area contributed by atoms with Crippen molar-refractivity contribution in [1.82, 2.24) is 0 Å². The van der Waals surface area contributed by atoms with Crippen LogP contribution in [0, 0.1) is 17.1 Å². The van der Waals surface area contributed by atoms with Gasteiger partial charge in [0.2, 0.25) is 0 Å². The Morgan fingerprint density at radius 3 is 2.00 bits per heavy atom. The molecule has 2 N–H and O–H groups in total. The Hall–Kier alpha value is -3.70. The topological polar surface area (TPSA) is 99.1 Å². The zero-order chi connectivity index (χ0) is 20.1. The molecule has 0 fully saturated rings. The van der Waals surface area contributed by atoms with Gasteiger partial charge < -0.3 is 5.32 Å². The van der Waals surface area contributed by atoms with E-state index < -0.39 is 15.8 Å². The smallest absolute Gasteiger partial charge is 0.261 e. The summed E-state index contributed by atoms with van der Waals surface area (Å²) in [6.07, 6.45) is 0. The molecule has 3 aromatic rings. The largest absolute Gasteiger partial charge is 0.322 e. The van der Waals surface area contributed by atoms with Crippen molar-refractivity contribution in [2.75, 3.05) is 10.0 Å². The minimum absolute atomic E-state index is 0.0629. The molecule has 0 aliphatic rings. The molecule has 0 aliphatic carbocycles. The highest BCUT2D eigenvalue weighted by Crippen LogP contribution is 2.19. The van der Waals surface area contributed by atoms with Crippen LogP contribution in [0.1, 0.15) is 15.9 Å². The molecule has 0 saturated heterocycles. The Labute approximate surface area is 161 Å². The van der Waals surface area contributed by atoms with Gasteiger partial charge in [-0.2, -0.15) is 5.26 Å². The molecule has 3 rings (SSSR count). The van der Waals surface area contributed by atoms with Crippen molar-refractivity contribution >= 4 is 27.3 Å². The summed E-state index contributed by atoms with van der Waals surface area (Å²) in [5.41, 5.74) is 1.61. The summed E-state index contributed by atoms with van der Waals surface area (Å²) in [5, 5.41) is 11.5. The fourth-order valence-electron chi connectivity index (χ4n) is 2.35. The van der Waals surface area contributed by atoms with Gasteiger partial charge in [-0.05, 0) is 72.8 Å². The second-order valence-electron chi connectivity index (χ2n) is 5.78. The third-order valence-corrected chi connectivity index (χ3v) is 5.19. The number of halogens is 1. The van der Waals surface area contributed by atoms with E-state index in [1.807, 2.05) is 6.07 Å². The van der Waals surface area contributed by atoms with Crippen LogP contribution in [0.4, 0.5) is 15.8 Å². The van der Waals surface area contributed by atoms with Crippen molar-refractivity contribution in [3.63, 3.8) is 0 Å². The molecule has 0 heterocycles. The number of hydrogen-bond acceptors (Lipinski definition) is 4. The first-order valence-corrected chi connectivity index (χ1v) is 9.56. The van der Waals surface area contributed by atoms with Crippen molar-refractivity contribution < 1.29 is 17.6 Å². The molecule has 0 bridgehead atoms. The summed E-state index contributed by atoms with van der Waals surface area (Å²) < 4.78 is 39.9. The van der Waals surface area contributed by atoms with Gasteiger partial charge in [-0.3, -0.25) is 9.52 Å². The van der Waals surface area contributed by atoms with Gasteiger partial charge >= 0.3 is 0 Å². The number of nitrogens with one attached hydrogen (secondary N) is 2. The zero-order valence-electron chi connectivity index (χ0n) is 14.4. The van der Waals surface area contributed by atoms with Crippen molar-refractivity contribution in [1.29, 1.82) is 5.26 Å². The molecule has 0 saturated carbocycles. The molecule has 0 aromatic heterocycles. The Balaban J connectivity index is 1.68. The monoisotopic (exact) mass is 395 g/mol. The van der Waals surface area contributed by atoms with Gasteiger partial charge in [0.1, 0.15) is 5.82 Å². The zero-order valence-corrected chi connectivity index (χ0v) is 15.2. The van der Waals surface area contributed by atoms with Crippen LogP contribution < -0.4 is 10.0 Å². The average molecular weight is 395 g/mol. The van der Waals surface area contributed by atoms with Crippen molar-refractivity contribution in [2.24, 2.45) is 0 Å². The Bertz CT molecular complexity index is 1140. The maximum absolute atomic E-state index is 12.9. The number of hydrogen-bond donors (Lipinski definition) is 2. The van der Waals surface area contributed by atoms with Gasteiger partial charge in [0.25, 0.3) is 15.9 Å². The molecule has 0 spiro atoms. The highest BCUT2D eigenvalue weighted by atomic mass is 32.2. The van der Waals surface area contributed by atoms with E-state index in [1.54, 1.807) is 36.4 Å². The first kappa shape index (κ1) is 19.1. The number of rotatable bonds is 5. The number of sulfonamides is 1. The van der Waals surface area contributed by atoms with Gasteiger partial charge in [-0.25, -0.2) is 12.8 Å². The van der Waals surface area contributed by atoms with Gasteiger partial charge in [-0.15, -0.1) is 0 Å². The summed E-state index contributed by atoms with van der Waals surface area (Å²) in [6.45, 7) is 0. The van der Waals surface area contributed by atoms with E-state index in [-0.39, 0.29) is 10.8 Å². The van der Waals surface area contributed by atoms with Gasteiger partial charge in [0.15, 0.2) is 0 Å². The lowest BCUT2D eigenvalue weighted by Crippen LogP contribution is -2.14. The minimum Gasteiger partial charge on any atom is -0.322 e. The Morgan fingerprint density at radius 1 is 0.857 bits per heavy atom. The molecule has 6 nitrogen and oxygen atoms in total. The fourth-order valence-corrected chi connectivity index (χ4v) is 3.41. The van der Waals surface area contributed by atoms with Crippen molar-refractivity contribution in [3.8, 4) is 6.07 Å². The van der Waals surface area contributed by atoms with Crippen LogP contribution in [-0.2, 0) is 10.0 Å². The molecule has 1 amide bonds. The number of amides is 1. The van der Waals surface area contributed by atoms with E-state index in [0.717, 1.165) is 12.1 Å². The summed E-state index contributed by atoms with van der Waals surface area (Å²) in [7, 11) is -3.85. The lowest BCUT2D eigenvalue weighted by atomic mass is 10.1. The molecular formula is C20H14FN3O3S. The Morgan fingerprint density at radius 2 is 1.43 bits per heavy atom. The summed E-state index contributed by atoms with van der Waals surface area (Å²) in [5.74, 6) is -0.884. The molecule has 8 heteroatoms.